The van der Waals surface area contributed by atoms with E-state index in [-0.39, 0.29) is 5.78 Å². The van der Waals surface area contributed by atoms with Gasteiger partial charge < -0.3 is 14.6 Å². The highest BCUT2D eigenvalue weighted by Gasteiger charge is 2.16. The molecule has 0 fully saturated rings. The predicted octanol–water partition coefficient (Wildman–Crippen LogP) is 8.75. The molecule has 0 aliphatic carbocycles. The van der Waals surface area contributed by atoms with Gasteiger partial charge in [-0.15, -0.1) is 0 Å². The van der Waals surface area contributed by atoms with E-state index in [9.17, 15) is 9.90 Å². The van der Waals surface area contributed by atoms with Crippen LogP contribution in [-0.2, 0) is 0 Å². The van der Waals surface area contributed by atoms with Crippen molar-refractivity contribution in [2.24, 2.45) is 0 Å². The molecule has 0 saturated heterocycles. The smallest absolute Gasteiger partial charge is 0.196 e. The molecule has 1 unspecified atom stereocenters. The molecule has 1 N–H and O–H groups in total. The number of benzene rings is 4. The fraction of sp³-hybridized carbons (Fsp3) is 0.107. The van der Waals surface area contributed by atoms with Crippen LogP contribution >= 0.6 is 63.7 Å². The molecule has 0 radical (unpaired) electrons. The van der Waals surface area contributed by atoms with Crippen LogP contribution in [0.5, 0.6) is 11.5 Å². The molecule has 0 aliphatic rings. The summed E-state index contributed by atoms with van der Waals surface area (Å²) in [6.07, 6.45) is -0.703. The minimum Gasteiger partial charge on any atom is -0.496 e. The second-order valence-electron chi connectivity index (χ2n) is 7.52. The van der Waals surface area contributed by atoms with E-state index in [0.29, 0.717) is 22.6 Å². The van der Waals surface area contributed by atoms with Gasteiger partial charge in [-0.1, -0.05) is 75.9 Å². The van der Waals surface area contributed by atoms with Gasteiger partial charge in [-0.05, 0) is 78.4 Å². The van der Waals surface area contributed by atoms with E-state index in [2.05, 4.69) is 63.7 Å². The highest BCUT2D eigenvalue weighted by Crippen LogP contribution is 2.32. The average Bonchev–Trinajstić information content (AvgIpc) is 2.89. The summed E-state index contributed by atoms with van der Waals surface area (Å²) in [6, 6.07) is 25.8. The Hall–Kier alpha value is -1.97. The number of carbonyl (C=O) groups is 1. The molecule has 4 aromatic carbocycles. The van der Waals surface area contributed by atoms with Crippen LogP contribution in [0, 0.1) is 0 Å². The summed E-state index contributed by atoms with van der Waals surface area (Å²) in [7, 11) is 3.16. The topological polar surface area (TPSA) is 55.8 Å². The van der Waals surface area contributed by atoms with Crippen LogP contribution in [0.25, 0.3) is 0 Å². The molecule has 4 nitrogen and oxygen atoms in total. The number of aliphatic hydroxyl groups excluding tert-OH is 1. The van der Waals surface area contributed by atoms with E-state index >= 15 is 0 Å². The maximum atomic E-state index is 12.4. The summed E-state index contributed by atoms with van der Waals surface area (Å²) < 4.78 is 14.2. The molecular weight excluding hydrogens is 720 g/mol. The molecule has 4 aromatic rings. The number of ether oxygens (including phenoxy) is 2. The van der Waals surface area contributed by atoms with Gasteiger partial charge in [-0.3, -0.25) is 4.79 Å². The second kappa shape index (κ2) is 13.5. The van der Waals surface area contributed by atoms with Crippen LogP contribution in [0.3, 0.4) is 0 Å². The molecule has 0 amide bonds. The third kappa shape index (κ3) is 7.52. The first-order valence-corrected chi connectivity index (χ1v) is 13.8. The van der Waals surface area contributed by atoms with Crippen LogP contribution in [0.1, 0.15) is 33.2 Å². The Morgan fingerprint density at radius 3 is 1.69 bits per heavy atom. The molecule has 36 heavy (non-hydrogen) atoms. The zero-order valence-electron chi connectivity index (χ0n) is 19.3. The van der Waals surface area contributed by atoms with Gasteiger partial charge in [-0.25, -0.2) is 0 Å². The van der Waals surface area contributed by atoms with E-state index in [1.165, 1.54) is 0 Å². The first-order chi connectivity index (χ1) is 17.2. The number of ketones is 1. The summed E-state index contributed by atoms with van der Waals surface area (Å²) in [5.74, 6) is 1.19. The molecule has 1 atom stereocenters. The molecule has 186 valence electrons. The summed E-state index contributed by atoms with van der Waals surface area (Å²) in [5.41, 5.74) is 2.76. The molecule has 0 spiro atoms. The highest BCUT2D eigenvalue weighted by atomic mass is 79.9. The zero-order valence-corrected chi connectivity index (χ0v) is 25.7. The third-order valence-corrected chi connectivity index (χ3v) is 7.23. The maximum absolute atomic E-state index is 12.4. The van der Waals surface area contributed by atoms with E-state index in [1.54, 1.807) is 38.5 Å². The van der Waals surface area contributed by atoms with Gasteiger partial charge in [0, 0.05) is 29.0 Å². The normalized spacial score (nSPS) is 11.2. The minimum absolute atomic E-state index is 0.0550. The van der Waals surface area contributed by atoms with Crippen LogP contribution in [0.15, 0.2) is 103 Å². The number of hydrogen-bond acceptors (Lipinski definition) is 4. The predicted molar refractivity (Wildman–Crippen MR) is 157 cm³/mol. The van der Waals surface area contributed by atoms with Gasteiger partial charge >= 0.3 is 0 Å². The quantitative estimate of drug-likeness (QED) is 0.201. The van der Waals surface area contributed by atoms with E-state index < -0.39 is 6.10 Å². The SMILES string of the molecule is COc1ccc(Br)cc1C(=O)c1ccc(Br)cc1.COc1ccc(Br)cc1C(O)c1ccc(Br)cc1. The van der Waals surface area contributed by atoms with Gasteiger partial charge in [0.15, 0.2) is 5.78 Å². The Morgan fingerprint density at radius 1 is 0.667 bits per heavy atom. The molecule has 4 rings (SSSR count). The number of hydrogen-bond donors (Lipinski definition) is 1. The maximum Gasteiger partial charge on any atom is 0.196 e. The van der Waals surface area contributed by atoms with Gasteiger partial charge in [0.25, 0.3) is 0 Å². The van der Waals surface area contributed by atoms with Gasteiger partial charge in [0.1, 0.15) is 17.6 Å². The number of halogens is 4. The Morgan fingerprint density at radius 2 is 1.14 bits per heavy atom. The van der Waals surface area contributed by atoms with Crippen LogP contribution in [0.4, 0.5) is 0 Å². The number of carbonyl (C=O) groups excluding carboxylic acids is 1. The third-order valence-electron chi connectivity index (χ3n) is 5.18. The van der Waals surface area contributed by atoms with Crippen molar-refractivity contribution in [3.05, 3.63) is 125 Å². The molecule has 0 bridgehead atoms. The highest BCUT2D eigenvalue weighted by molar-refractivity contribution is 9.11. The lowest BCUT2D eigenvalue weighted by atomic mass is 10.0. The van der Waals surface area contributed by atoms with Crippen LogP contribution < -0.4 is 9.47 Å². The molecule has 0 aromatic heterocycles. The largest absolute Gasteiger partial charge is 0.496 e. The van der Waals surface area contributed by atoms with Crippen molar-refractivity contribution in [1.29, 1.82) is 0 Å². The summed E-state index contributed by atoms with van der Waals surface area (Å²) in [5, 5.41) is 10.4. The average molecular weight is 742 g/mol. The summed E-state index contributed by atoms with van der Waals surface area (Å²) in [4.78, 5) is 12.4. The Kier molecular flexibility index (Phi) is 10.8. The Labute approximate surface area is 244 Å². The molecular formula is C28H22Br4O4. The van der Waals surface area contributed by atoms with Crippen molar-refractivity contribution in [2.75, 3.05) is 14.2 Å². The van der Waals surface area contributed by atoms with Crippen molar-refractivity contribution in [1.82, 2.24) is 0 Å². The lowest BCUT2D eigenvalue weighted by molar-refractivity contribution is 0.103. The first kappa shape index (κ1) is 28.6. The van der Waals surface area contributed by atoms with Crippen molar-refractivity contribution in [2.45, 2.75) is 6.10 Å². The lowest BCUT2D eigenvalue weighted by Gasteiger charge is -2.15. The van der Waals surface area contributed by atoms with Crippen LogP contribution in [-0.4, -0.2) is 25.1 Å². The van der Waals surface area contributed by atoms with E-state index in [0.717, 1.165) is 29.0 Å². The number of methoxy groups -OCH3 is 2. The Balaban J connectivity index is 0.000000201. The van der Waals surface area contributed by atoms with Gasteiger partial charge in [0.05, 0.1) is 19.8 Å². The standard InChI is InChI=1S/C14H12Br2O2.C14H10Br2O2/c2*1-18-13-7-6-11(16)8-12(13)14(17)9-2-4-10(15)5-3-9/h2-8,14,17H,1H3;2-8H,1H3. The number of aliphatic hydroxyl groups is 1. The summed E-state index contributed by atoms with van der Waals surface area (Å²) >= 11 is 13.5. The van der Waals surface area contributed by atoms with Crippen LogP contribution in [0.2, 0.25) is 0 Å². The lowest BCUT2D eigenvalue weighted by Crippen LogP contribution is -2.03. The second-order valence-corrected chi connectivity index (χ2v) is 11.2. The minimum atomic E-state index is -0.703. The molecule has 8 heteroatoms. The van der Waals surface area contributed by atoms with Gasteiger partial charge in [0.2, 0.25) is 0 Å². The Bertz CT molecular complexity index is 1320. The fourth-order valence-electron chi connectivity index (χ4n) is 3.36. The summed E-state index contributed by atoms with van der Waals surface area (Å²) in [6.45, 7) is 0. The molecule has 0 heterocycles. The van der Waals surface area contributed by atoms with Crippen molar-refractivity contribution >= 4 is 69.5 Å². The molecule has 0 aliphatic heterocycles. The van der Waals surface area contributed by atoms with Crippen molar-refractivity contribution < 1.29 is 19.4 Å². The van der Waals surface area contributed by atoms with E-state index in [4.69, 9.17) is 9.47 Å². The zero-order chi connectivity index (χ0) is 26.2. The monoisotopic (exact) mass is 738 g/mol. The first-order valence-electron chi connectivity index (χ1n) is 10.6. The molecule has 0 saturated carbocycles. The van der Waals surface area contributed by atoms with Crippen molar-refractivity contribution in [3.8, 4) is 11.5 Å². The van der Waals surface area contributed by atoms with Gasteiger partial charge in [-0.2, -0.15) is 0 Å². The number of rotatable bonds is 6. The fourth-order valence-corrected chi connectivity index (χ4v) is 4.63. The van der Waals surface area contributed by atoms with Crippen molar-refractivity contribution in [3.63, 3.8) is 0 Å². The van der Waals surface area contributed by atoms with E-state index in [1.807, 2.05) is 60.7 Å².